The average Bonchev–Trinajstić information content (AvgIpc) is 3.55. The Balaban J connectivity index is 0.00000118. The van der Waals surface area contributed by atoms with E-state index < -0.39 is 17.8 Å². The number of aromatic nitrogens is 4. The maximum absolute atomic E-state index is 13.7. The Labute approximate surface area is 250 Å². The second-order valence-corrected chi connectivity index (χ2v) is 11.3. The van der Waals surface area contributed by atoms with E-state index in [9.17, 15) is 22.8 Å². The largest absolute Gasteiger partial charge is 0.483 e. The number of benzene rings is 1. The highest BCUT2D eigenvalue weighted by molar-refractivity contribution is 6.34. The van der Waals surface area contributed by atoms with E-state index in [4.69, 9.17) is 21.5 Å². The summed E-state index contributed by atoms with van der Waals surface area (Å²) in [6.07, 6.45) is 1.45. The van der Waals surface area contributed by atoms with Crippen molar-refractivity contribution in [3.63, 3.8) is 0 Å². The molecule has 4 heterocycles. The fourth-order valence-corrected chi connectivity index (χ4v) is 5.79. The highest BCUT2D eigenvalue weighted by Gasteiger charge is 2.40. The van der Waals surface area contributed by atoms with E-state index in [1.54, 1.807) is 12.1 Å². The van der Waals surface area contributed by atoms with Crippen LogP contribution in [0.1, 0.15) is 58.4 Å². The van der Waals surface area contributed by atoms with Crippen LogP contribution in [0.15, 0.2) is 30.6 Å². The quantitative estimate of drug-likeness (QED) is 0.349. The van der Waals surface area contributed by atoms with Crippen LogP contribution in [0.4, 0.5) is 18.9 Å². The van der Waals surface area contributed by atoms with Crippen molar-refractivity contribution in [2.75, 3.05) is 31.5 Å². The van der Waals surface area contributed by atoms with Crippen molar-refractivity contribution in [1.82, 2.24) is 29.5 Å². The zero-order valence-electron chi connectivity index (χ0n) is 23.3. The normalized spacial score (nSPS) is 17.6. The Hall–Kier alpha value is -3.91. The van der Waals surface area contributed by atoms with Gasteiger partial charge in [-0.1, -0.05) is 11.6 Å². The van der Waals surface area contributed by atoms with E-state index in [0.29, 0.717) is 36.2 Å². The molecule has 15 heteroatoms. The van der Waals surface area contributed by atoms with Gasteiger partial charge >= 0.3 is 6.18 Å². The SMILES string of the molecule is Cn1c(-c2cn(C3CC3)nc2C(F)(F)F)cnc1C(=O)Nc1ccc(C(=O)N2CCC(C3CNC3)CC2)c(Cl)c1.O=CO. The monoisotopic (exact) mass is 621 g/mol. The number of imidazole rings is 1. The third-order valence-electron chi connectivity index (χ3n) is 8.15. The first-order valence-corrected chi connectivity index (χ1v) is 14.3. The number of hydrogen-bond donors (Lipinski definition) is 3. The average molecular weight is 622 g/mol. The van der Waals surface area contributed by atoms with Crippen LogP contribution < -0.4 is 10.6 Å². The van der Waals surface area contributed by atoms with Crippen LogP contribution in [-0.2, 0) is 18.0 Å². The Bertz CT molecular complexity index is 1510. The Morgan fingerprint density at radius 2 is 1.81 bits per heavy atom. The molecule has 2 amide bonds. The van der Waals surface area contributed by atoms with E-state index in [1.807, 2.05) is 4.90 Å². The maximum atomic E-state index is 13.7. The van der Waals surface area contributed by atoms with Crippen molar-refractivity contribution in [1.29, 1.82) is 0 Å². The van der Waals surface area contributed by atoms with Gasteiger partial charge in [0, 0.05) is 32.0 Å². The molecular formula is C28H31ClF3N7O4. The third-order valence-corrected chi connectivity index (χ3v) is 8.47. The fraction of sp³-hybridized carbons (Fsp3) is 0.464. The van der Waals surface area contributed by atoms with Gasteiger partial charge in [0.25, 0.3) is 18.3 Å². The Morgan fingerprint density at radius 3 is 2.37 bits per heavy atom. The van der Waals surface area contributed by atoms with Crippen LogP contribution in [0.3, 0.4) is 0 Å². The van der Waals surface area contributed by atoms with Crippen molar-refractivity contribution in [3.05, 3.63) is 52.7 Å². The number of anilines is 1. The summed E-state index contributed by atoms with van der Waals surface area (Å²) >= 11 is 6.45. The molecule has 2 aliphatic heterocycles. The number of carbonyl (C=O) groups excluding carboxylic acids is 2. The molecule has 6 rings (SSSR count). The third kappa shape index (κ3) is 6.54. The Morgan fingerprint density at radius 1 is 1.14 bits per heavy atom. The first kappa shape index (κ1) is 30.5. The standard InChI is InChI=1S/C27H29ClF3N7O2.CH2O2/c1-36-22(20-14-38(18-3-4-18)35-23(20)27(29,30)31)13-33-24(36)25(39)34-17-2-5-19(21(28)10-17)26(40)37-8-6-15(7-9-37)16-11-32-12-16;2-1-3/h2,5,10,13-16,18,32H,3-4,6-9,11-12H2,1H3,(H,34,39);1H,(H,2,3). The number of carbonyl (C=O) groups is 3. The summed E-state index contributed by atoms with van der Waals surface area (Å²) in [6, 6.07) is 4.61. The van der Waals surface area contributed by atoms with Crippen LogP contribution in [-0.4, -0.2) is 73.8 Å². The molecule has 2 aromatic heterocycles. The number of rotatable bonds is 6. The number of nitrogens with zero attached hydrogens (tertiary/aromatic N) is 5. The lowest BCUT2D eigenvalue weighted by Gasteiger charge is -2.40. The highest BCUT2D eigenvalue weighted by Crippen LogP contribution is 2.41. The number of halogens is 4. The zero-order chi connectivity index (χ0) is 30.9. The number of amides is 2. The molecule has 43 heavy (non-hydrogen) atoms. The number of piperidine rings is 1. The first-order chi connectivity index (χ1) is 20.5. The fourth-order valence-electron chi connectivity index (χ4n) is 5.53. The molecule has 3 aromatic rings. The number of alkyl halides is 3. The minimum absolute atomic E-state index is 0.0397. The van der Waals surface area contributed by atoms with Crippen LogP contribution in [0.5, 0.6) is 0 Å². The van der Waals surface area contributed by atoms with Crippen molar-refractivity contribution in [3.8, 4) is 11.3 Å². The molecular weight excluding hydrogens is 591 g/mol. The van der Waals surface area contributed by atoms with Gasteiger partial charge in [0.2, 0.25) is 0 Å². The molecule has 1 aromatic carbocycles. The minimum Gasteiger partial charge on any atom is -0.483 e. The zero-order valence-corrected chi connectivity index (χ0v) is 24.0. The topological polar surface area (TPSA) is 134 Å². The lowest BCUT2D eigenvalue weighted by molar-refractivity contribution is -0.141. The Kier molecular flexibility index (Phi) is 8.79. The predicted molar refractivity (Wildman–Crippen MR) is 151 cm³/mol. The van der Waals surface area contributed by atoms with Crippen LogP contribution in [0.2, 0.25) is 5.02 Å². The van der Waals surface area contributed by atoms with E-state index in [2.05, 4.69) is 20.7 Å². The highest BCUT2D eigenvalue weighted by atomic mass is 35.5. The summed E-state index contributed by atoms with van der Waals surface area (Å²) in [5, 5.41) is 16.8. The predicted octanol–water partition coefficient (Wildman–Crippen LogP) is 4.32. The van der Waals surface area contributed by atoms with Crippen molar-refractivity contribution >= 4 is 35.6 Å². The van der Waals surface area contributed by atoms with Crippen LogP contribution in [0.25, 0.3) is 11.3 Å². The van der Waals surface area contributed by atoms with Gasteiger partial charge in [0.15, 0.2) is 11.5 Å². The van der Waals surface area contributed by atoms with Gasteiger partial charge in [-0.3, -0.25) is 19.1 Å². The summed E-state index contributed by atoms with van der Waals surface area (Å²) in [7, 11) is 1.48. The van der Waals surface area contributed by atoms with Crippen molar-refractivity contribution in [2.24, 2.45) is 18.9 Å². The summed E-state index contributed by atoms with van der Waals surface area (Å²) in [5.74, 6) is 0.488. The molecule has 3 aliphatic rings. The van der Waals surface area contributed by atoms with Gasteiger partial charge in [-0.15, -0.1) is 0 Å². The second kappa shape index (κ2) is 12.4. The maximum Gasteiger partial charge on any atom is 0.435 e. The summed E-state index contributed by atoms with van der Waals surface area (Å²) in [6.45, 7) is 3.23. The smallest absolute Gasteiger partial charge is 0.435 e. The van der Waals surface area contributed by atoms with Crippen LogP contribution in [0, 0.1) is 11.8 Å². The van der Waals surface area contributed by atoms with E-state index in [-0.39, 0.29) is 40.5 Å². The van der Waals surface area contributed by atoms with Gasteiger partial charge in [-0.2, -0.15) is 18.3 Å². The summed E-state index contributed by atoms with van der Waals surface area (Å²) in [5.41, 5.74) is -0.320. The van der Waals surface area contributed by atoms with Crippen LogP contribution >= 0.6 is 11.6 Å². The van der Waals surface area contributed by atoms with Gasteiger partial charge in [-0.25, -0.2) is 4.98 Å². The minimum atomic E-state index is -4.65. The molecule has 1 saturated carbocycles. The molecule has 11 nitrogen and oxygen atoms in total. The van der Waals surface area contributed by atoms with E-state index in [1.165, 1.54) is 34.8 Å². The molecule has 3 N–H and O–H groups in total. The molecule has 0 bridgehead atoms. The van der Waals surface area contributed by atoms with E-state index in [0.717, 1.165) is 38.8 Å². The van der Waals surface area contributed by atoms with Gasteiger partial charge in [-0.05, 0) is 68.8 Å². The summed E-state index contributed by atoms with van der Waals surface area (Å²) in [4.78, 5) is 40.4. The number of carboxylic acid groups (broad SMARTS) is 1. The molecule has 0 radical (unpaired) electrons. The van der Waals surface area contributed by atoms with Gasteiger partial charge < -0.3 is 25.2 Å². The van der Waals surface area contributed by atoms with Crippen molar-refractivity contribution < 1.29 is 32.7 Å². The number of likely N-dealkylation sites (tertiary alicyclic amines) is 1. The van der Waals surface area contributed by atoms with E-state index >= 15 is 0 Å². The van der Waals surface area contributed by atoms with Gasteiger partial charge in [0.1, 0.15) is 0 Å². The molecule has 230 valence electrons. The number of hydrogen-bond acceptors (Lipinski definition) is 6. The lowest BCUT2D eigenvalue weighted by Crippen LogP contribution is -2.49. The van der Waals surface area contributed by atoms with Gasteiger partial charge in [0.05, 0.1) is 34.1 Å². The molecule has 0 unspecified atom stereocenters. The molecule has 2 saturated heterocycles. The molecule has 0 spiro atoms. The van der Waals surface area contributed by atoms with Crippen molar-refractivity contribution in [2.45, 2.75) is 37.9 Å². The molecule has 1 aliphatic carbocycles. The number of nitrogens with one attached hydrogen (secondary N) is 2. The molecule has 3 fully saturated rings. The summed E-state index contributed by atoms with van der Waals surface area (Å²) < 4.78 is 43.7. The second-order valence-electron chi connectivity index (χ2n) is 10.9. The lowest BCUT2D eigenvalue weighted by atomic mass is 9.81. The first-order valence-electron chi connectivity index (χ1n) is 13.9. The molecule has 0 atom stereocenters.